The van der Waals surface area contributed by atoms with E-state index in [4.69, 9.17) is 4.74 Å². The number of rotatable bonds is 10. The van der Waals surface area contributed by atoms with E-state index in [-0.39, 0.29) is 35.8 Å². The van der Waals surface area contributed by atoms with Crippen LogP contribution in [-0.4, -0.2) is 124 Å². The number of nitrogens with zero attached hydrogens (tertiary/aromatic N) is 6. The number of hydrogen-bond acceptors (Lipinski definition) is 11. The molecule has 5 aliphatic rings. The minimum Gasteiger partial charge on any atom is -0.371 e. The van der Waals surface area contributed by atoms with Crippen molar-refractivity contribution in [1.29, 1.82) is 0 Å². The third-order valence-electron chi connectivity index (χ3n) is 12.6. The van der Waals surface area contributed by atoms with Crippen molar-refractivity contribution in [2.24, 2.45) is 0 Å². The average Bonchev–Trinajstić information content (AvgIpc) is 3.94. The quantitative estimate of drug-likeness (QED) is 0.200. The van der Waals surface area contributed by atoms with Gasteiger partial charge in [-0.2, -0.15) is 5.10 Å². The molecule has 2 atom stereocenters. The first-order valence-electron chi connectivity index (χ1n) is 20.7. The maximum absolute atomic E-state index is 15.3. The predicted molar refractivity (Wildman–Crippen MR) is 219 cm³/mol. The lowest BCUT2D eigenvalue weighted by Crippen LogP contribution is -2.54. The molecule has 0 bridgehead atoms. The minimum absolute atomic E-state index is 0.00573. The molecule has 0 aliphatic carbocycles. The summed E-state index contributed by atoms with van der Waals surface area (Å²) >= 11 is 0. The molecule has 16 nitrogen and oxygen atoms in total. The Hall–Kier alpha value is -6.30. The van der Waals surface area contributed by atoms with Gasteiger partial charge in [-0.05, 0) is 66.8 Å². The Morgan fingerprint density at radius 2 is 1.64 bits per heavy atom. The van der Waals surface area contributed by atoms with E-state index in [0.29, 0.717) is 42.6 Å². The van der Waals surface area contributed by atoms with Crippen LogP contribution >= 0.6 is 0 Å². The van der Waals surface area contributed by atoms with Crippen molar-refractivity contribution in [2.75, 3.05) is 56.6 Å². The number of amides is 6. The number of aromatic amines is 1. The zero-order valence-corrected chi connectivity index (χ0v) is 33.7. The van der Waals surface area contributed by atoms with Crippen LogP contribution in [0.5, 0.6) is 0 Å². The number of hydrogen-bond donors (Lipinski definition) is 3. The summed E-state index contributed by atoms with van der Waals surface area (Å²) in [6.07, 6.45) is 1.25. The van der Waals surface area contributed by atoms with Gasteiger partial charge in [-0.3, -0.25) is 53.9 Å². The molecule has 3 saturated heterocycles. The number of carbonyl (C=O) groups is 6. The second-order valence-corrected chi connectivity index (χ2v) is 16.2. The van der Waals surface area contributed by atoms with Crippen LogP contribution < -0.4 is 15.5 Å². The smallest absolute Gasteiger partial charge is 0.265 e. The maximum Gasteiger partial charge on any atom is 0.265 e. The van der Waals surface area contributed by atoms with Gasteiger partial charge in [-0.25, -0.2) is 4.39 Å². The van der Waals surface area contributed by atoms with Crippen molar-refractivity contribution >= 4 is 46.9 Å². The summed E-state index contributed by atoms with van der Waals surface area (Å²) in [7, 11) is 1.52. The van der Waals surface area contributed by atoms with Crippen molar-refractivity contribution in [2.45, 2.75) is 63.5 Å². The van der Waals surface area contributed by atoms with E-state index < -0.39 is 41.6 Å². The minimum atomic E-state index is -1.15. The topological polar surface area (TPSA) is 181 Å². The lowest BCUT2D eigenvalue weighted by molar-refractivity contribution is -0.143. The summed E-state index contributed by atoms with van der Waals surface area (Å²) in [6.45, 7) is 6.02. The lowest BCUT2D eigenvalue weighted by atomic mass is 10.0. The van der Waals surface area contributed by atoms with E-state index in [1.54, 1.807) is 11.0 Å². The van der Waals surface area contributed by atoms with Gasteiger partial charge in [0.1, 0.15) is 11.9 Å². The Kier molecular flexibility index (Phi) is 10.9. The van der Waals surface area contributed by atoms with Gasteiger partial charge < -0.3 is 19.9 Å². The molecule has 3 fully saturated rings. The van der Waals surface area contributed by atoms with Crippen LogP contribution in [0.4, 0.5) is 15.9 Å². The van der Waals surface area contributed by atoms with Crippen molar-refractivity contribution in [1.82, 2.24) is 35.1 Å². The van der Waals surface area contributed by atoms with Crippen LogP contribution in [0.2, 0.25) is 0 Å². The lowest BCUT2D eigenvalue weighted by Gasteiger charge is -2.43. The van der Waals surface area contributed by atoms with Gasteiger partial charge in [-0.15, -0.1) is 0 Å². The van der Waals surface area contributed by atoms with Crippen LogP contribution in [0.15, 0.2) is 66.7 Å². The summed E-state index contributed by atoms with van der Waals surface area (Å²) in [6, 6.07) is 19.0. The van der Waals surface area contributed by atoms with E-state index >= 15 is 4.39 Å². The number of imide groups is 2. The molecule has 9 rings (SSSR count). The Balaban J connectivity index is 0.737. The van der Waals surface area contributed by atoms with Gasteiger partial charge in [0.05, 0.1) is 29.9 Å². The molecule has 6 heterocycles. The van der Waals surface area contributed by atoms with E-state index in [1.165, 1.54) is 13.2 Å². The normalized spacial score (nSPS) is 20.5. The first kappa shape index (κ1) is 40.1. The van der Waals surface area contributed by atoms with Gasteiger partial charge in [0.2, 0.25) is 11.8 Å². The predicted octanol–water partition coefficient (Wildman–Crippen LogP) is 3.22. The molecule has 3 aromatic carbocycles. The number of aromatic nitrogens is 2. The highest BCUT2D eigenvalue weighted by molar-refractivity contribution is 6.23. The number of methoxy groups -OCH3 is 1. The van der Waals surface area contributed by atoms with Gasteiger partial charge in [0.15, 0.2) is 11.9 Å². The number of anilines is 2. The molecule has 4 aromatic rings. The molecule has 316 valence electrons. The summed E-state index contributed by atoms with van der Waals surface area (Å²) in [4.78, 5) is 86.6. The largest absolute Gasteiger partial charge is 0.371 e. The number of piperazine rings is 1. The first-order chi connectivity index (χ1) is 29.6. The Morgan fingerprint density at radius 1 is 0.902 bits per heavy atom. The molecule has 61 heavy (non-hydrogen) atoms. The molecule has 5 aliphatic heterocycles. The monoisotopic (exact) mass is 831 g/mol. The standard InChI is InChI=1S/C44H46FN9O7/c1-61-38(27-5-3-2-4-6-27)44(60)53-24-32-34(25-53)48-49-39(32)47-40(56)28-7-9-29(10-8-28)51-15-13-30(14-16-51)52-19-17-50(18-20-52)23-26-21-31-37(33(45)22-26)43(59)54(42(31)58)35-11-12-36(55)46-41(35)57/h2-10,21-22,30,35,38H,11-20,23-25H2,1H3,(H,46,55,57)(H2,47,48,49,56)/t35?,38-/m1/s1. The number of H-pyrrole nitrogens is 1. The van der Waals surface area contributed by atoms with Crippen LogP contribution in [0.25, 0.3) is 0 Å². The molecular formula is C44H46FN9O7. The molecule has 1 unspecified atom stereocenters. The Labute approximate surface area is 351 Å². The van der Waals surface area contributed by atoms with Crippen molar-refractivity contribution in [3.8, 4) is 0 Å². The third kappa shape index (κ3) is 7.79. The summed E-state index contributed by atoms with van der Waals surface area (Å²) < 4.78 is 20.9. The van der Waals surface area contributed by atoms with Crippen molar-refractivity contribution < 1.29 is 37.9 Å². The number of fused-ring (bicyclic) bond motifs is 2. The number of benzene rings is 3. The summed E-state index contributed by atoms with van der Waals surface area (Å²) in [5.74, 6) is -3.60. The molecule has 0 saturated carbocycles. The van der Waals surface area contributed by atoms with Crippen LogP contribution in [-0.2, 0) is 38.8 Å². The van der Waals surface area contributed by atoms with Crippen molar-refractivity contribution in [3.63, 3.8) is 0 Å². The Morgan fingerprint density at radius 3 is 2.34 bits per heavy atom. The molecule has 17 heteroatoms. The molecule has 3 N–H and O–H groups in total. The third-order valence-corrected chi connectivity index (χ3v) is 12.6. The number of nitrogens with one attached hydrogen (secondary N) is 3. The number of piperidine rings is 2. The SMILES string of the molecule is CO[C@@H](C(=O)N1Cc2[nH]nc(NC(=O)c3ccc(N4CCC(N5CCN(Cc6cc(F)c7c(c6)C(=O)N(C6CCC(=O)NC6=O)C7=O)CC5)CC4)cc3)c2C1)c1ccccc1. The van der Waals surface area contributed by atoms with E-state index in [0.717, 1.165) is 79.5 Å². The highest BCUT2D eigenvalue weighted by Crippen LogP contribution is 2.33. The number of halogens is 1. The molecule has 0 radical (unpaired) electrons. The van der Waals surface area contributed by atoms with Crippen LogP contribution in [0.1, 0.15) is 85.2 Å². The van der Waals surface area contributed by atoms with Gasteiger partial charge in [-0.1, -0.05) is 30.3 Å². The fraction of sp³-hybridized carbons (Fsp3) is 0.386. The van der Waals surface area contributed by atoms with Crippen molar-refractivity contribution in [3.05, 3.63) is 112 Å². The molecule has 1 aromatic heterocycles. The van der Waals surface area contributed by atoms with Gasteiger partial charge >= 0.3 is 0 Å². The molecular weight excluding hydrogens is 786 g/mol. The van der Waals surface area contributed by atoms with Crippen LogP contribution in [0, 0.1) is 5.82 Å². The average molecular weight is 832 g/mol. The molecule has 6 amide bonds. The van der Waals surface area contributed by atoms with Crippen LogP contribution in [0.3, 0.4) is 0 Å². The highest BCUT2D eigenvalue weighted by atomic mass is 19.1. The second-order valence-electron chi connectivity index (χ2n) is 16.2. The summed E-state index contributed by atoms with van der Waals surface area (Å²) in [5, 5.41) is 12.4. The molecule has 0 spiro atoms. The Bertz CT molecular complexity index is 2390. The second kappa shape index (κ2) is 16.6. The van der Waals surface area contributed by atoms with E-state index in [2.05, 4.69) is 35.5 Å². The zero-order valence-electron chi connectivity index (χ0n) is 33.7. The summed E-state index contributed by atoms with van der Waals surface area (Å²) in [5.41, 5.74) is 4.08. The van der Waals surface area contributed by atoms with E-state index in [1.807, 2.05) is 54.6 Å². The number of carbonyl (C=O) groups excluding carboxylic acids is 6. The fourth-order valence-corrected chi connectivity index (χ4v) is 9.30. The van der Waals surface area contributed by atoms with Gasteiger partial charge in [0.25, 0.3) is 23.6 Å². The van der Waals surface area contributed by atoms with E-state index in [9.17, 15) is 28.8 Å². The first-order valence-corrected chi connectivity index (χ1v) is 20.7. The fourth-order valence-electron chi connectivity index (χ4n) is 9.30. The highest BCUT2D eigenvalue weighted by Gasteiger charge is 2.46. The maximum atomic E-state index is 15.3. The zero-order chi connectivity index (χ0) is 42.4. The number of ether oxygens (including phenoxy) is 1. The van der Waals surface area contributed by atoms with Gasteiger partial charge in [0, 0.05) is 82.2 Å².